The molecule has 0 aromatic heterocycles. The Balaban J connectivity index is 2.86. The zero-order valence-corrected chi connectivity index (χ0v) is 11.5. The Bertz CT molecular complexity index is 352. The summed E-state index contributed by atoms with van der Waals surface area (Å²) in [5, 5.41) is 0. The Kier molecular flexibility index (Phi) is 5.36. The first-order chi connectivity index (χ1) is 7.15. The highest BCUT2D eigenvalue weighted by molar-refractivity contribution is 9.11. The van der Waals surface area contributed by atoms with Crippen LogP contribution >= 0.6 is 31.9 Å². The molecule has 1 aromatic rings. The molecule has 0 spiro atoms. The molecule has 0 unspecified atom stereocenters. The summed E-state index contributed by atoms with van der Waals surface area (Å²) in [6, 6.07) is 5.95. The number of hydrogen-bond donors (Lipinski definition) is 1. The highest BCUT2D eigenvalue weighted by atomic mass is 79.9. The monoisotopic (exact) mass is 333 g/mol. The van der Waals surface area contributed by atoms with Crippen LogP contribution < -0.4 is 10.5 Å². The topological polar surface area (TPSA) is 35.2 Å². The summed E-state index contributed by atoms with van der Waals surface area (Å²) < 4.78 is 7.40. The van der Waals surface area contributed by atoms with Crippen LogP contribution in [0.15, 0.2) is 33.7 Å². The molecular formula is C11H13Br2NO. The third kappa shape index (κ3) is 3.97. The number of para-hydroxylation sites is 1. The highest BCUT2D eigenvalue weighted by Crippen LogP contribution is 2.29. The minimum Gasteiger partial charge on any atom is -0.487 e. The van der Waals surface area contributed by atoms with Crippen molar-refractivity contribution in [1.29, 1.82) is 0 Å². The lowest BCUT2D eigenvalue weighted by Crippen LogP contribution is -2.06. The van der Waals surface area contributed by atoms with Crippen LogP contribution in [0.5, 0.6) is 5.75 Å². The molecule has 2 nitrogen and oxygen atoms in total. The average molecular weight is 335 g/mol. The summed E-state index contributed by atoms with van der Waals surface area (Å²) in [5.41, 5.74) is 6.65. The number of halogens is 2. The minimum atomic E-state index is 0.459. The normalized spacial score (nSPS) is 10.1. The molecule has 2 N–H and O–H groups in total. The van der Waals surface area contributed by atoms with Gasteiger partial charge in [-0.1, -0.05) is 34.6 Å². The van der Waals surface area contributed by atoms with E-state index in [1.165, 1.54) is 0 Å². The molecule has 0 aliphatic carbocycles. The van der Waals surface area contributed by atoms with Crippen molar-refractivity contribution in [1.82, 2.24) is 0 Å². The first kappa shape index (κ1) is 12.7. The van der Waals surface area contributed by atoms with Crippen LogP contribution in [0.25, 0.3) is 0 Å². The van der Waals surface area contributed by atoms with E-state index in [0.29, 0.717) is 13.2 Å². The fourth-order valence-electron chi connectivity index (χ4n) is 1.22. The van der Waals surface area contributed by atoms with E-state index in [1.54, 1.807) is 0 Å². The molecule has 0 amide bonds. The van der Waals surface area contributed by atoms with Gasteiger partial charge in [0.15, 0.2) is 0 Å². The van der Waals surface area contributed by atoms with E-state index in [2.05, 4.69) is 38.4 Å². The Labute approximate surface area is 107 Å². The summed E-state index contributed by atoms with van der Waals surface area (Å²) >= 11 is 6.72. The van der Waals surface area contributed by atoms with Gasteiger partial charge in [-0.3, -0.25) is 0 Å². The molecule has 1 aromatic carbocycles. The fraction of sp³-hybridized carbons (Fsp3) is 0.273. The van der Waals surface area contributed by atoms with Crippen molar-refractivity contribution in [2.45, 2.75) is 6.42 Å². The second-order valence-electron chi connectivity index (χ2n) is 3.07. The summed E-state index contributed by atoms with van der Waals surface area (Å²) in [6.45, 7) is 4.80. The smallest absolute Gasteiger partial charge is 0.137 e. The Morgan fingerprint density at radius 3 is 2.80 bits per heavy atom. The van der Waals surface area contributed by atoms with Crippen molar-refractivity contribution >= 4 is 31.9 Å². The van der Waals surface area contributed by atoms with Crippen LogP contribution in [0.3, 0.4) is 0 Å². The van der Waals surface area contributed by atoms with Crippen LogP contribution in [-0.4, -0.2) is 13.2 Å². The zero-order chi connectivity index (χ0) is 11.3. The van der Waals surface area contributed by atoms with Gasteiger partial charge in [0.1, 0.15) is 12.4 Å². The van der Waals surface area contributed by atoms with Crippen LogP contribution in [0.4, 0.5) is 0 Å². The molecule has 0 aliphatic rings. The van der Waals surface area contributed by atoms with Crippen molar-refractivity contribution < 1.29 is 4.74 Å². The molecule has 15 heavy (non-hydrogen) atoms. The second kappa shape index (κ2) is 6.30. The standard InChI is InChI=1S/C11H13Br2NO/c1-8(12)7-15-11-9(5-6-14)3-2-4-10(11)13/h2-4H,1,5-7,14H2. The predicted octanol–water partition coefficient (Wildman–Crippen LogP) is 3.24. The molecule has 1 rings (SSSR count). The maximum absolute atomic E-state index is 5.63. The molecule has 0 saturated heterocycles. The molecule has 0 fully saturated rings. The van der Waals surface area contributed by atoms with E-state index >= 15 is 0 Å². The van der Waals surface area contributed by atoms with E-state index in [4.69, 9.17) is 10.5 Å². The van der Waals surface area contributed by atoms with E-state index in [0.717, 1.165) is 26.7 Å². The van der Waals surface area contributed by atoms with E-state index in [1.807, 2.05) is 18.2 Å². The maximum Gasteiger partial charge on any atom is 0.137 e. The molecule has 0 radical (unpaired) electrons. The van der Waals surface area contributed by atoms with Crippen molar-refractivity contribution in [3.05, 3.63) is 39.3 Å². The van der Waals surface area contributed by atoms with Gasteiger partial charge >= 0.3 is 0 Å². The van der Waals surface area contributed by atoms with Gasteiger partial charge in [-0.2, -0.15) is 0 Å². The number of ether oxygens (including phenoxy) is 1. The summed E-state index contributed by atoms with van der Waals surface area (Å²) in [6.07, 6.45) is 0.809. The van der Waals surface area contributed by atoms with Gasteiger partial charge in [-0.15, -0.1) is 0 Å². The second-order valence-corrected chi connectivity index (χ2v) is 5.05. The first-order valence-electron chi connectivity index (χ1n) is 4.58. The van der Waals surface area contributed by atoms with Gasteiger partial charge in [0.2, 0.25) is 0 Å². The molecule has 0 aliphatic heterocycles. The Morgan fingerprint density at radius 2 is 2.20 bits per heavy atom. The molecule has 82 valence electrons. The van der Waals surface area contributed by atoms with E-state index in [9.17, 15) is 0 Å². The van der Waals surface area contributed by atoms with Gasteiger partial charge in [-0.25, -0.2) is 0 Å². The third-order valence-corrected chi connectivity index (χ3v) is 2.69. The molecule has 0 saturated carbocycles. The summed E-state index contributed by atoms with van der Waals surface area (Å²) in [4.78, 5) is 0. The van der Waals surface area contributed by atoms with E-state index in [-0.39, 0.29) is 0 Å². The number of benzene rings is 1. The van der Waals surface area contributed by atoms with Crippen molar-refractivity contribution in [3.63, 3.8) is 0 Å². The van der Waals surface area contributed by atoms with Gasteiger partial charge in [0.25, 0.3) is 0 Å². The van der Waals surface area contributed by atoms with Gasteiger partial charge in [0.05, 0.1) is 4.47 Å². The van der Waals surface area contributed by atoms with Crippen molar-refractivity contribution in [2.24, 2.45) is 5.73 Å². The van der Waals surface area contributed by atoms with E-state index < -0.39 is 0 Å². The van der Waals surface area contributed by atoms with Crippen molar-refractivity contribution in [2.75, 3.05) is 13.2 Å². The van der Waals surface area contributed by atoms with Crippen LogP contribution in [0, 0.1) is 0 Å². The first-order valence-corrected chi connectivity index (χ1v) is 6.17. The van der Waals surface area contributed by atoms with Crippen LogP contribution in [-0.2, 0) is 6.42 Å². The Morgan fingerprint density at radius 1 is 1.47 bits per heavy atom. The average Bonchev–Trinajstić information content (AvgIpc) is 2.17. The molecule has 4 heteroatoms. The number of rotatable bonds is 5. The fourth-order valence-corrected chi connectivity index (χ4v) is 1.85. The van der Waals surface area contributed by atoms with Crippen LogP contribution in [0.2, 0.25) is 0 Å². The SMILES string of the molecule is C=C(Br)COc1c(Br)cccc1CCN. The number of nitrogens with two attached hydrogens (primary N) is 1. The molecule has 0 bridgehead atoms. The zero-order valence-electron chi connectivity index (χ0n) is 8.30. The highest BCUT2D eigenvalue weighted by Gasteiger charge is 2.07. The van der Waals surface area contributed by atoms with Gasteiger partial charge < -0.3 is 10.5 Å². The van der Waals surface area contributed by atoms with Crippen LogP contribution in [0.1, 0.15) is 5.56 Å². The lowest BCUT2D eigenvalue weighted by molar-refractivity contribution is 0.354. The Hall–Kier alpha value is -0.320. The molecular weight excluding hydrogens is 322 g/mol. The number of hydrogen-bond acceptors (Lipinski definition) is 2. The lowest BCUT2D eigenvalue weighted by atomic mass is 10.1. The quantitative estimate of drug-likeness (QED) is 0.897. The lowest BCUT2D eigenvalue weighted by Gasteiger charge is -2.12. The minimum absolute atomic E-state index is 0.459. The molecule has 0 atom stereocenters. The van der Waals surface area contributed by atoms with Gasteiger partial charge in [-0.05, 0) is 40.5 Å². The maximum atomic E-state index is 5.63. The third-order valence-electron chi connectivity index (χ3n) is 1.84. The summed E-state index contributed by atoms with van der Waals surface area (Å²) in [7, 11) is 0. The van der Waals surface area contributed by atoms with Gasteiger partial charge in [0, 0.05) is 4.48 Å². The van der Waals surface area contributed by atoms with Crippen molar-refractivity contribution in [3.8, 4) is 5.75 Å². The largest absolute Gasteiger partial charge is 0.487 e. The predicted molar refractivity (Wildman–Crippen MR) is 70.5 cm³/mol. The summed E-state index contributed by atoms with van der Waals surface area (Å²) in [5.74, 6) is 0.851. The molecule has 0 heterocycles.